The Kier molecular flexibility index (Phi) is 5.63. The SMILES string of the molecule is O=C(Nc1ncc(Cl)cc1Cl)C(=O)c1cn(Cc2ccc(F)cc2)c2ccc(O)cc12. The number of halogens is 3. The average Bonchev–Trinajstić information content (AvgIpc) is 3.08. The molecule has 0 aliphatic carbocycles. The number of hydrogen-bond acceptors (Lipinski definition) is 4. The van der Waals surface area contributed by atoms with Gasteiger partial charge in [-0.05, 0) is 42.0 Å². The van der Waals surface area contributed by atoms with Crippen LogP contribution in [-0.2, 0) is 11.3 Å². The molecule has 1 amide bonds. The highest BCUT2D eigenvalue weighted by Crippen LogP contribution is 2.28. The largest absolute Gasteiger partial charge is 0.508 e. The van der Waals surface area contributed by atoms with Crippen LogP contribution in [0, 0.1) is 5.82 Å². The maximum atomic E-state index is 13.2. The molecule has 0 aliphatic heterocycles. The average molecular weight is 458 g/mol. The normalized spacial score (nSPS) is 10.9. The zero-order valence-electron chi connectivity index (χ0n) is 15.8. The lowest BCUT2D eigenvalue weighted by molar-refractivity contribution is -0.112. The number of phenols is 1. The van der Waals surface area contributed by atoms with Gasteiger partial charge < -0.3 is 15.0 Å². The summed E-state index contributed by atoms with van der Waals surface area (Å²) in [5.41, 5.74) is 1.52. The Morgan fingerprint density at radius 3 is 2.55 bits per heavy atom. The highest BCUT2D eigenvalue weighted by Gasteiger charge is 2.23. The van der Waals surface area contributed by atoms with Crippen molar-refractivity contribution < 1.29 is 19.1 Å². The molecule has 2 heterocycles. The number of fused-ring (bicyclic) bond motifs is 1. The zero-order valence-corrected chi connectivity index (χ0v) is 17.3. The van der Waals surface area contributed by atoms with E-state index >= 15 is 0 Å². The molecule has 0 radical (unpaired) electrons. The van der Waals surface area contributed by atoms with Gasteiger partial charge in [0.05, 0.1) is 15.6 Å². The van der Waals surface area contributed by atoms with Crippen molar-refractivity contribution in [3.05, 3.63) is 87.9 Å². The highest BCUT2D eigenvalue weighted by molar-refractivity contribution is 6.49. The molecule has 9 heteroatoms. The standard InChI is InChI=1S/C22H14Cl2FN3O3/c23-13-7-18(24)21(26-9-13)27-22(31)20(30)17-11-28(10-12-1-3-14(25)4-2-12)19-6-5-15(29)8-16(17)19/h1-9,11,29H,10H2,(H,26,27,31). The predicted octanol–water partition coefficient (Wildman–Crippen LogP) is 5.06. The first kappa shape index (κ1) is 20.8. The number of pyridine rings is 1. The number of benzene rings is 2. The third-order valence-electron chi connectivity index (χ3n) is 4.62. The molecule has 4 rings (SSSR count). The van der Waals surface area contributed by atoms with Gasteiger partial charge in [0.25, 0.3) is 11.7 Å². The number of ketones is 1. The Morgan fingerprint density at radius 2 is 1.84 bits per heavy atom. The Labute approximate surface area is 185 Å². The van der Waals surface area contributed by atoms with Gasteiger partial charge in [-0.1, -0.05) is 35.3 Å². The quantitative estimate of drug-likeness (QED) is 0.324. The highest BCUT2D eigenvalue weighted by atomic mass is 35.5. The maximum absolute atomic E-state index is 13.2. The van der Waals surface area contributed by atoms with Crippen molar-refractivity contribution in [3.63, 3.8) is 0 Å². The Bertz CT molecular complexity index is 1320. The third kappa shape index (κ3) is 4.38. The van der Waals surface area contributed by atoms with Crippen LogP contribution in [0.3, 0.4) is 0 Å². The van der Waals surface area contributed by atoms with Crippen LogP contribution < -0.4 is 5.32 Å². The second-order valence-electron chi connectivity index (χ2n) is 6.77. The van der Waals surface area contributed by atoms with Crippen molar-refractivity contribution in [1.82, 2.24) is 9.55 Å². The number of rotatable bonds is 5. The van der Waals surface area contributed by atoms with Crippen LogP contribution in [0.15, 0.2) is 60.9 Å². The summed E-state index contributed by atoms with van der Waals surface area (Å²) in [4.78, 5) is 29.4. The number of nitrogens with zero attached hydrogens (tertiary/aromatic N) is 2. The molecule has 0 fully saturated rings. The Balaban J connectivity index is 1.69. The van der Waals surface area contributed by atoms with E-state index in [1.807, 2.05) is 0 Å². The second kappa shape index (κ2) is 8.37. The molecule has 6 nitrogen and oxygen atoms in total. The molecular formula is C22H14Cl2FN3O3. The van der Waals surface area contributed by atoms with Crippen LogP contribution in [0.1, 0.15) is 15.9 Å². The van der Waals surface area contributed by atoms with Gasteiger partial charge in [0.1, 0.15) is 11.6 Å². The van der Waals surface area contributed by atoms with E-state index in [0.717, 1.165) is 5.56 Å². The van der Waals surface area contributed by atoms with E-state index in [1.54, 1.807) is 22.8 Å². The molecule has 0 unspecified atom stereocenters. The van der Waals surface area contributed by atoms with Crippen molar-refractivity contribution in [2.45, 2.75) is 6.54 Å². The lowest BCUT2D eigenvalue weighted by atomic mass is 10.1. The van der Waals surface area contributed by atoms with Gasteiger partial charge in [-0.3, -0.25) is 9.59 Å². The monoisotopic (exact) mass is 457 g/mol. The number of phenolic OH excluding ortho intramolecular Hbond substituents is 1. The first-order valence-corrected chi connectivity index (χ1v) is 9.80. The number of Topliss-reactive ketones (excluding diaryl/α,β-unsaturated/α-hetero) is 1. The van der Waals surface area contributed by atoms with E-state index in [1.165, 1.54) is 42.7 Å². The fourth-order valence-electron chi connectivity index (χ4n) is 3.18. The van der Waals surface area contributed by atoms with Crippen LogP contribution in [0.4, 0.5) is 10.2 Å². The summed E-state index contributed by atoms with van der Waals surface area (Å²) in [5, 5.41) is 13.1. The molecule has 0 saturated heterocycles. The molecular weight excluding hydrogens is 444 g/mol. The summed E-state index contributed by atoms with van der Waals surface area (Å²) >= 11 is 11.8. The lowest BCUT2D eigenvalue weighted by Gasteiger charge is -2.05. The first-order chi connectivity index (χ1) is 14.8. The molecule has 0 saturated carbocycles. The number of amides is 1. The molecule has 0 aliphatic rings. The Hall–Kier alpha value is -3.42. The fraction of sp³-hybridized carbons (Fsp3) is 0.0455. The van der Waals surface area contributed by atoms with E-state index < -0.39 is 11.7 Å². The van der Waals surface area contributed by atoms with E-state index in [2.05, 4.69) is 10.3 Å². The molecule has 31 heavy (non-hydrogen) atoms. The van der Waals surface area contributed by atoms with Gasteiger partial charge in [0, 0.05) is 29.8 Å². The van der Waals surface area contributed by atoms with Gasteiger partial charge in [-0.15, -0.1) is 0 Å². The van der Waals surface area contributed by atoms with Crippen LogP contribution in [0.5, 0.6) is 5.75 Å². The molecule has 2 aromatic carbocycles. The molecule has 0 spiro atoms. The van der Waals surface area contributed by atoms with Crippen molar-refractivity contribution in [2.24, 2.45) is 0 Å². The summed E-state index contributed by atoms with van der Waals surface area (Å²) in [5.74, 6) is -2.18. The maximum Gasteiger partial charge on any atom is 0.298 e. The summed E-state index contributed by atoms with van der Waals surface area (Å²) in [6, 6.07) is 11.9. The summed E-state index contributed by atoms with van der Waals surface area (Å²) < 4.78 is 15.0. The minimum atomic E-state index is -0.944. The Morgan fingerprint density at radius 1 is 1.10 bits per heavy atom. The van der Waals surface area contributed by atoms with Gasteiger partial charge in [0.15, 0.2) is 5.82 Å². The summed E-state index contributed by atoms with van der Waals surface area (Å²) in [6.45, 7) is 0.334. The van der Waals surface area contributed by atoms with Gasteiger partial charge in [-0.2, -0.15) is 0 Å². The predicted molar refractivity (Wildman–Crippen MR) is 116 cm³/mol. The van der Waals surface area contributed by atoms with Crippen LogP contribution in [0.25, 0.3) is 10.9 Å². The van der Waals surface area contributed by atoms with E-state index in [-0.39, 0.29) is 33.0 Å². The summed E-state index contributed by atoms with van der Waals surface area (Å²) in [6.07, 6.45) is 2.81. The molecule has 2 N–H and O–H groups in total. The van der Waals surface area contributed by atoms with Crippen molar-refractivity contribution >= 4 is 51.6 Å². The lowest BCUT2D eigenvalue weighted by Crippen LogP contribution is -2.23. The number of nitrogens with one attached hydrogen (secondary N) is 1. The van der Waals surface area contributed by atoms with E-state index in [9.17, 15) is 19.1 Å². The number of carbonyl (C=O) groups is 2. The molecule has 156 valence electrons. The summed E-state index contributed by atoms with van der Waals surface area (Å²) in [7, 11) is 0. The smallest absolute Gasteiger partial charge is 0.298 e. The molecule has 2 aromatic heterocycles. The van der Waals surface area contributed by atoms with Gasteiger partial charge in [0.2, 0.25) is 0 Å². The first-order valence-electron chi connectivity index (χ1n) is 9.05. The number of aromatic hydroxyl groups is 1. The van der Waals surface area contributed by atoms with Crippen molar-refractivity contribution in [1.29, 1.82) is 0 Å². The molecule has 0 atom stereocenters. The number of carbonyl (C=O) groups excluding carboxylic acids is 2. The van der Waals surface area contributed by atoms with Crippen molar-refractivity contribution in [2.75, 3.05) is 5.32 Å². The van der Waals surface area contributed by atoms with Gasteiger partial charge in [-0.25, -0.2) is 9.37 Å². The second-order valence-corrected chi connectivity index (χ2v) is 7.61. The van der Waals surface area contributed by atoms with Crippen LogP contribution >= 0.6 is 23.2 Å². The van der Waals surface area contributed by atoms with Crippen molar-refractivity contribution in [3.8, 4) is 5.75 Å². The van der Waals surface area contributed by atoms with E-state index in [4.69, 9.17) is 23.2 Å². The van der Waals surface area contributed by atoms with E-state index in [0.29, 0.717) is 17.4 Å². The van der Waals surface area contributed by atoms with Crippen LogP contribution in [0.2, 0.25) is 10.0 Å². The third-order valence-corrected chi connectivity index (χ3v) is 5.12. The fourth-order valence-corrected chi connectivity index (χ4v) is 3.60. The number of anilines is 1. The number of aromatic nitrogens is 2. The van der Waals surface area contributed by atoms with Gasteiger partial charge >= 0.3 is 0 Å². The van der Waals surface area contributed by atoms with Crippen LogP contribution in [-0.4, -0.2) is 26.3 Å². The molecule has 0 bridgehead atoms. The molecule has 4 aromatic rings. The minimum absolute atomic E-state index is 0.00214. The topological polar surface area (TPSA) is 84.2 Å². The minimum Gasteiger partial charge on any atom is -0.508 e. The zero-order chi connectivity index (χ0) is 22.1. The number of hydrogen-bond donors (Lipinski definition) is 2.